The van der Waals surface area contributed by atoms with Crippen LogP contribution in [0.15, 0.2) is 35.5 Å². The van der Waals surface area contributed by atoms with Gasteiger partial charge in [0, 0.05) is 43.4 Å². The number of likely N-dealkylation sites (tertiary alicyclic amines) is 1. The molecule has 0 saturated carbocycles. The first-order valence-electron chi connectivity index (χ1n) is 10.5. The number of hydrogen-bond donors (Lipinski definition) is 3. The van der Waals surface area contributed by atoms with Gasteiger partial charge in [-0.2, -0.15) is 0 Å². The van der Waals surface area contributed by atoms with Crippen molar-refractivity contribution in [3.63, 3.8) is 0 Å². The molecule has 2 fully saturated rings. The number of rotatable bonds is 5. The predicted octanol–water partition coefficient (Wildman–Crippen LogP) is 2.99. The zero-order valence-electron chi connectivity index (χ0n) is 16.4. The molecule has 0 bridgehead atoms. The highest BCUT2D eigenvalue weighted by molar-refractivity contribution is 5.91. The summed E-state index contributed by atoms with van der Waals surface area (Å²) in [6, 6.07) is 7.97. The van der Waals surface area contributed by atoms with Crippen LogP contribution in [0.5, 0.6) is 0 Å². The molecule has 146 valence electrons. The van der Waals surface area contributed by atoms with E-state index in [1.54, 1.807) is 11.3 Å². The topological polar surface area (TPSA) is 56.4 Å². The molecule has 1 aromatic carbocycles. The zero-order valence-corrected chi connectivity index (χ0v) is 16.4. The standard InChI is InChI=1S/C22H32N4O/c1-16-7-2-3-10-19(16)25-20(27)11-6-14-26-13-5-8-17-15-24-22-18(21(17)26)9-4-12-23-22/h2-3,7,10,17,22-24H,4-6,8-9,11-15H2,1H3,(H,25,27). The third kappa shape index (κ3) is 4.19. The Morgan fingerprint density at radius 3 is 3.04 bits per heavy atom. The molecule has 3 aliphatic heterocycles. The minimum atomic E-state index is 0.123. The first-order valence-corrected chi connectivity index (χ1v) is 10.5. The molecule has 1 aromatic rings. The van der Waals surface area contributed by atoms with E-state index in [9.17, 15) is 4.79 Å². The van der Waals surface area contributed by atoms with Gasteiger partial charge in [-0.05, 0) is 62.8 Å². The molecular formula is C22H32N4O. The Hall–Kier alpha value is -1.85. The van der Waals surface area contributed by atoms with Crippen LogP contribution in [0.3, 0.4) is 0 Å². The first kappa shape index (κ1) is 18.5. The number of carbonyl (C=O) groups is 1. The molecule has 3 heterocycles. The SMILES string of the molecule is Cc1ccccc1NC(=O)CCCN1CCCC2CNC3NCCCC3=C21. The Bertz CT molecular complexity index is 714. The molecule has 1 amide bonds. The van der Waals surface area contributed by atoms with Crippen LogP contribution in [0, 0.1) is 12.8 Å². The molecule has 0 radical (unpaired) electrons. The van der Waals surface area contributed by atoms with Crippen molar-refractivity contribution in [1.29, 1.82) is 0 Å². The molecule has 5 heteroatoms. The van der Waals surface area contributed by atoms with Gasteiger partial charge in [-0.1, -0.05) is 18.2 Å². The molecule has 2 saturated heterocycles. The molecule has 4 rings (SSSR count). The Kier molecular flexibility index (Phi) is 5.79. The summed E-state index contributed by atoms with van der Waals surface area (Å²) in [6.07, 6.45) is 6.86. The number of fused-ring (bicyclic) bond motifs is 2. The maximum Gasteiger partial charge on any atom is 0.224 e. The van der Waals surface area contributed by atoms with E-state index in [4.69, 9.17) is 0 Å². The fraction of sp³-hybridized carbons (Fsp3) is 0.591. The van der Waals surface area contributed by atoms with E-state index in [1.165, 1.54) is 25.7 Å². The van der Waals surface area contributed by atoms with Crippen LogP contribution in [-0.2, 0) is 4.79 Å². The highest BCUT2D eigenvalue weighted by atomic mass is 16.1. The lowest BCUT2D eigenvalue weighted by Gasteiger charge is -2.46. The fourth-order valence-corrected chi connectivity index (χ4v) is 4.82. The molecule has 2 atom stereocenters. The number of piperidine rings is 2. The van der Waals surface area contributed by atoms with E-state index < -0.39 is 0 Å². The lowest BCUT2D eigenvalue weighted by molar-refractivity contribution is -0.116. The maximum atomic E-state index is 12.4. The van der Waals surface area contributed by atoms with Gasteiger partial charge in [-0.3, -0.25) is 15.4 Å². The van der Waals surface area contributed by atoms with Crippen molar-refractivity contribution < 1.29 is 4.79 Å². The Labute approximate surface area is 162 Å². The number of hydrogen-bond acceptors (Lipinski definition) is 4. The second kappa shape index (κ2) is 8.44. The number of benzene rings is 1. The summed E-state index contributed by atoms with van der Waals surface area (Å²) in [5, 5.41) is 10.4. The predicted molar refractivity (Wildman–Crippen MR) is 109 cm³/mol. The van der Waals surface area contributed by atoms with E-state index in [0.29, 0.717) is 18.5 Å². The Morgan fingerprint density at radius 2 is 2.15 bits per heavy atom. The van der Waals surface area contributed by atoms with E-state index in [0.717, 1.165) is 43.9 Å². The molecule has 0 spiro atoms. The van der Waals surface area contributed by atoms with Crippen LogP contribution in [0.25, 0.3) is 0 Å². The summed E-state index contributed by atoms with van der Waals surface area (Å²) in [6.45, 7) is 6.35. The minimum Gasteiger partial charge on any atom is -0.374 e. The highest BCUT2D eigenvalue weighted by Gasteiger charge is 2.35. The van der Waals surface area contributed by atoms with Gasteiger partial charge in [0.05, 0.1) is 6.17 Å². The lowest BCUT2D eigenvalue weighted by Crippen LogP contribution is -2.55. The smallest absolute Gasteiger partial charge is 0.224 e. The zero-order chi connectivity index (χ0) is 18.6. The van der Waals surface area contributed by atoms with E-state index >= 15 is 0 Å². The summed E-state index contributed by atoms with van der Waals surface area (Å²) in [5.74, 6) is 0.781. The van der Waals surface area contributed by atoms with Crippen LogP contribution >= 0.6 is 0 Å². The summed E-state index contributed by atoms with van der Waals surface area (Å²) in [7, 11) is 0. The third-order valence-corrected chi connectivity index (χ3v) is 6.18. The van der Waals surface area contributed by atoms with Gasteiger partial charge in [-0.25, -0.2) is 0 Å². The van der Waals surface area contributed by atoms with Crippen molar-refractivity contribution >= 4 is 11.6 Å². The maximum absolute atomic E-state index is 12.4. The van der Waals surface area contributed by atoms with Crippen molar-refractivity contribution in [3.8, 4) is 0 Å². The van der Waals surface area contributed by atoms with Gasteiger partial charge in [0.25, 0.3) is 0 Å². The van der Waals surface area contributed by atoms with Crippen LogP contribution in [-0.4, -0.2) is 43.2 Å². The van der Waals surface area contributed by atoms with Crippen LogP contribution in [0.4, 0.5) is 5.69 Å². The van der Waals surface area contributed by atoms with Gasteiger partial charge in [0.15, 0.2) is 0 Å². The molecular weight excluding hydrogens is 336 g/mol. The Balaban J connectivity index is 1.35. The molecule has 27 heavy (non-hydrogen) atoms. The Morgan fingerprint density at radius 1 is 1.26 bits per heavy atom. The molecule has 3 aliphatic rings. The summed E-state index contributed by atoms with van der Waals surface area (Å²) in [5.41, 5.74) is 5.22. The van der Waals surface area contributed by atoms with Gasteiger partial charge in [0.1, 0.15) is 0 Å². The largest absolute Gasteiger partial charge is 0.374 e. The highest BCUT2D eigenvalue weighted by Crippen LogP contribution is 2.35. The number of para-hydroxylation sites is 1. The second-order valence-corrected chi connectivity index (χ2v) is 8.10. The van der Waals surface area contributed by atoms with Gasteiger partial charge < -0.3 is 10.2 Å². The van der Waals surface area contributed by atoms with Crippen molar-refractivity contribution in [2.45, 2.75) is 51.6 Å². The summed E-state index contributed by atoms with van der Waals surface area (Å²) in [4.78, 5) is 14.9. The molecule has 5 nitrogen and oxygen atoms in total. The van der Waals surface area contributed by atoms with Gasteiger partial charge in [0.2, 0.25) is 5.91 Å². The fourth-order valence-electron chi connectivity index (χ4n) is 4.82. The van der Waals surface area contributed by atoms with Gasteiger partial charge in [-0.15, -0.1) is 0 Å². The summed E-state index contributed by atoms with van der Waals surface area (Å²) < 4.78 is 0. The number of aryl methyl sites for hydroxylation is 1. The second-order valence-electron chi connectivity index (χ2n) is 8.10. The quantitative estimate of drug-likeness (QED) is 0.748. The van der Waals surface area contributed by atoms with Crippen molar-refractivity contribution in [3.05, 3.63) is 41.1 Å². The lowest BCUT2D eigenvalue weighted by atomic mass is 9.84. The summed E-state index contributed by atoms with van der Waals surface area (Å²) >= 11 is 0. The minimum absolute atomic E-state index is 0.123. The molecule has 2 unspecified atom stereocenters. The number of carbonyl (C=O) groups excluding carboxylic acids is 1. The van der Waals surface area contributed by atoms with Gasteiger partial charge >= 0.3 is 0 Å². The van der Waals surface area contributed by atoms with Crippen LogP contribution in [0.1, 0.15) is 44.1 Å². The first-order chi connectivity index (χ1) is 13.2. The number of anilines is 1. The van der Waals surface area contributed by atoms with Crippen molar-refractivity contribution in [2.24, 2.45) is 5.92 Å². The van der Waals surface area contributed by atoms with Crippen LogP contribution in [0.2, 0.25) is 0 Å². The molecule has 0 aliphatic carbocycles. The average molecular weight is 369 g/mol. The van der Waals surface area contributed by atoms with Crippen LogP contribution < -0.4 is 16.0 Å². The van der Waals surface area contributed by atoms with Crippen molar-refractivity contribution in [2.75, 3.05) is 31.5 Å². The number of nitrogens with one attached hydrogen (secondary N) is 3. The average Bonchev–Trinajstić information content (AvgIpc) is 2.69. The van der Waals surface area contributed by atoms with E-state index in [-0.39, 0.29) is 5.91 Å². The van der Waals surface area contributed by atoms with E-state index in [2.05, 4.69) is 20.9 Å². The number of nitrogens with zero attached hydrogens (tertiary/aromatic N) is 1. The molecule has 0 aromatic heterocycles. The third-order valence-electron chi connectivity index (χ3n) is 6.18. The number of amides is 1. The normalized spacial score (nSPS) is 25.0. The van der Waals surface area contributed by atoms with E-state index in [1.807, 2.05) is 31.2 Å². The van der Waals surface area contributed by atoms with Crippen molar-refractivity contribution in [1.82, 2.24) is 15.5 Å². The monoisotopic (exact) mass is 368 g/mol. The molecule has 3 N–H and O–H groups in total.